The number of hydrogen-bond acceptors (Lipinski definition) is 9. The zero-order valence-corrected chi connectivity index (χ0v) is 26.2. The summed E-state index contributed by atoms with van der Waals surface area (Å²) in [6.07, 6.45) is 7.10. The second-order valence-electron chi connectivity index (χ2n) is 11.7. The number of methoxy groups -OCH3 is 1. The molecular weight excluding hydrogens is 590 g/mol. The van der Waals surface area contributed by atoms with Crippen LogP contribution in [-0.2, 0) is 17.4 Å². The SMILES string of the molecule is COc1cccc2c1CC1(CCN(c3cnc4nc(Sc5ccnc(N)c5Cl)ccc4n3)CC1)[C@@H]2CC(C)(C)S(N)=O. The molecule has 0 saturated carbocycles. The van der Waals surface area contributed by atoms with E-state index in [2.05, 4.69) is 32.0 Å². The molecule has 4 aromatic rings. The molecule has 4 heterocycles. The number of anilines is 2. The summed E-state index contributed by atoms with van der Waals surface area (Å²) in [4.78, 5) is 21.4. The van der Waals surface area contributed by atoms with Crippen LogP contribution in [-0.4, -0.2) is 49.1 Å². The summed E-state index contributed by atoms with van der Waals surface area (Å²) in [5.74, 6) is 2.32. The first-order valence-corrected chi connectivity index (χ1v) is 16.3. The number of ether oxygens (including phenoxy) is 1. The number of nitrogens with two attached hydrogens (primary N) is 2. The zero-order valence-electron chi connectivity index (χ0n) is 23.8. The van der Waals surface area contributed by atoms with Crippen molar-refractivity contribution in [2.24, 2.45) is 10.6 Å². The molecule has 6 rings (SSSR count). The molecule has 3 aromatic heterocycles. The Kier molecular flexibility index (Phi) is 7.80. The third kappa shape index (κ3) is 5.32. The maximum Gasteiger partial charge on any atom is 0.179 e. The monoisotopic (exact) mass is 623 g/mol. The highest BCUT2D eigenvalue weighted by molar-refractivity contribution is 7.99. The van der Waals surface area contributed by atoms with Crippen molar-refractivity contribution < 1.29 is 8.95 Å². The number of halogens is 1. The van der Waals surface area contributed by atoms with Gasteiger partial charge in [-0.15, -0.1) is 0 Å². The first kappa shape index (κ1) is 29.1. The van der Waals surface area contributed by atoms with Crippen LogP contribution in [0.2, 0.25) is 5.02 Å². The first-order chi connectivity index (χ1) is 20.1. The van der Waals surface area contributed by atoms with Gasteiger partial charge in [-0.2, -0.15) is 0 Å². The Morgan fingerprint density at radius 3 is 2.69 bits per heavy atom. The third-order valence-corrected chi connectivity index (χ3v) is 11.6. The lowest BCUT2D eigenvalue weighted by Gasteiger charge is -2.45. The maximum absolute atomic E-state index is 12.5. The van der Waals surface area contributed by atoms with Gasteiger partial charge in [0.2, 0.25) is 0 Å². The summed E-state index contributed by atoms with van der Waals surface area (Å²) in [6.45, 7) is 5.71. The Morgan fingerprint density at radius 2 is 1.95 bits per heavy atom. The van der Waals surface area contributed by atoms with Crippen LogP contribution in [0.25, 0.3) is 11.2 Å². The van der Waals surface area contributed by atoms with Crippen molar-refractivity contribution in [2.75, 3.05) is 30.8 Å². The largest absolute Gasteiger partial charge is 0.496 e. The summed E-state index contributed by atoms with van der Waals surface area (Å²) in [6, 6.07) is 12.0. The number of nitrogens with zero attached hydrogens (tertiary/aromatic N) is 5. The van der Waals surface area contributed by atoms with Gasteiger partial charge in [0.15, 0.2) is 5.65 Å². The molecule has 1 spiro atoms. The van der Waals surface area contributed by atoms with Crippen LogP contribution in [0.4, 0.5) is 11.6 Å². The number of benzene rings is 1. The van der Waals surface area contributed by atoms with Crippen molar-refractivity contribution in [2.45, 2.75) is 60.1 Å². The van der Waals surface area contributed by atoms with Gasteiger partial charge in [-0.25, -0.2) is 24.1 Å². The number of aromatic nitrogens is 4. The lowest BCUT2D eigenvalue weighted by atomic mass is 9.67. The molecule has 0 radical (unpaired) electrons. The molecule has 1 fully saturated rings. The molecule has 4 N–H and O–H groups in total. The fourth-order valence-electron chi connectivity index (χ4n) is 6.42. The Bertz CT molecular complexity index is 1680. The zero-order chi connectivity index (χ0) is 29.6. The highest BCUT2D eigenvalue weighted by atomic mass is 35.5. The van der Waals surface area contributed by atoms with E-state index in [1.54, 1.807) is 13.3 Å². The van der Waals surface area contributed by atoms with Gasteiger partial charge in [0.1, 0.15) is 27.9 Å². The Labute approximate surface area is 257 Å². The van der Waals surface area contributed by atoms with E-state index in [1.165, 1.54) is 22.9 Å². The number of fused-ring (bicyclic) bond motifs is 2. The average molecular weight is 624 g/mol. The molecular formula is C30H34ClN7O2S2. The summed E-state index contributed by atoms with van der Waals surface area (Å²) < 4.78 is 17.7. The van der Waals surface area contributed by atoms with E-state index in [1.807, 2.05) is 44.3 Å². The van der Waals surface area contributed by atoms with E-state index in [-0.39, 0.29) is 11.3 Å². The Morgan fingerprint density at radius 1 is 1.17 bits per heavy atom. The third-order valence-electron chi connectivity index (χ3n) is 8.82. The smallest absolute Gasteiger partial charge is 0.179 e. The fraction of sp³-hybridized carbons (Fsp3) is 0.400. The summed E-state index contributed by atoms with van der Waals surface area (Å²) >= 11 is 7.73. The number of pyridine rings is 2. The predicted molar refractivity (Wildman–Crippen MR) is 169 cm³/mol. The molecule has 2 atom stereocenters. The van der Waals surface area contributed by atoms with E-state index in [9.17, 15) is 4.21 Å². The van der Waals surface area contributed by atoms with Crippen LogP contribution in [0.5, 0.6) is 5.75 Å². The minimum Gasteiger partial charge on any atom is -0.496 e. The van der Waals surface area contributed by atoms with Gasteiger partial charge >= 0.3 is 0 Å². The molecule has 2 aliphatic rings. The van der Waals surface area contributed by atoms with Gasteiger partial charge in [-0.05, 0) is 86.3 Å². The molecule has 12 heteroatoms. The van der Waals surface area contributed by atoms with Crippen molar-refractivity contribution in [1.82, 2.24) is 19.9 Å². The van der Waals surface area contributed by atoms with Crippen molar-refractivity contribution >= 4 is 57.1 Å². The van der Waals surface area contributed by atoms with E-state index in [0.717, 1.165) is 65.8 Å². The molecule has 1 aromatic carbocycles. The van der Waals surface area contributed by atoms with Gasteiger partial charge in [0.05, 0.1) is 34.1 Å². The minimum absolute atomic E-state index is 0.0414. The van der Waals surface area contributed by atoms with Crippen LogP contribution in [0.15, 0.2) is 58.7 Å². The summed E-state index contributed by atoms with van der Waals surface area (Å²) in [7, 11) is 0.307. The molecule has 42 heavy (non-hydrogen) atoms. The van der Waals surface area contributed by atoms with Crippen LogP contribution in [0.1, 0.15) is 50.2 Å². The topological polar surface area (TPSA) is 133 Å². The molecule has 1 unspecified atom stereocenters. The van der Waals surface area contributed by atoms with Crippen LogP contribution >= 0.6 is 23.4 Å². The van der Waals surface area contributed by atoms with Gasteiger partial charge in [-0.1, -0.05) is 35.5 Å². The molecule has 220 valence electrons. The normalized spacial score (nSPS) is 18.8. The Hall–Kier alpha value is -2.99. The number of nitrogen functional groups attached to an aromatic ring is 1. The predicted octanol–water partition coefficient (Wildman–Crippen LogP) is 5.53. The number of hydrogen-bond donors (Lipinski definition) is 2. The summed E-state index contributed by atoms with van der Waals surface area (Å²) in [5.41, 5.74) is 9.78. The molecule has 0 bridgehead atoms. The summed E-state index contributed by atoms with van der Waals surface area (Å²) in [5, 5.41) is 7.12. The second kappa shape index (κ2) is 11.3. The highest BCUT2D eigenvalue weighted by Gasteiger charge is 2.50. The van der Waals surface area contributed by atoms with Crippen molar-refractivity contribution in [3.8, 4) is 5.75 Å². The fourth-order valence-corrected chi connectivity index (χ4v) is 7.80. The molecule has 1 saturated heterocycles. The van der Waals surface area contributed by atoms with E-state index >= 15 is 0 Å². The van der Waals surface area contributed by atoms with Crippen LogP contribution < -0.4 is 20.5 Å². The van der Waals surface area contributed by atoms with Gasteiger partial charge in [0, 0.05) is 24.2 Å². The standard InChI is InChI=1S/C30H34ClN7O2S2/c1-29(2,42(33)39)16-20-18-5-4-6-22(40-3)19(18)15-30(20)10-13-38(14-11-30)24-17-35-28-21(36-24)7-8-25(37-28)41-23-9-12-34-27(32)26(23)31/h4-9,12,17,20H,10-11,13-16,33H2,1-3H3,(H2,32,34)/t20-,42?/m1/s1. The molecule has 1 aliphatic carbocycles. The van der Waals surface area contributed by atoms with Gasteiger partial charge < -0.3 is 15.4 Å². The van der Waals surface area contributed by atoms with Crippen molar-refractivity contribution in [3.05, 3.63) is 64.9 Å². The lowest BCUT2D eigenvalue weighted by molar-refractivity contribution is 0.170. The van der Waals surface area contributed by atoms with Gasteiger partial charge in [0.25, 0.3) is 0 Å². The highest BCUT2D eigenvalue weighted by Crippen LogP contribution is 2.58. The van der Waals surface area contributed by atoms with Crippen LogP contribution in [0, 0.1) is 5.41 Å². The van der Waals surface area contributed by atoms with E-state index in [0.29, 0.717) is 16.5 Å². The van der Waals surface area contributed by atoms with Gasteiger partial charge in [-0.3, -0.25) is 5.14 Å². The second-order valence-corrected chi connectivity index (χ2v) is 14.8. The molecule has 1 aliphatic heterocycles. The Balaban J connectivity index is 1.22. The first-order valence-electron chi connectivity index (χ1n) is 13.9. The minimum atomic E-state index is -1.43. The van der Waals surface area contributed by atoms with Crippen molar-refractivity contribution in [3.63, 3.8) is 0 Å². The lowest BCUT2D eigenvalue weighted by Crippen LogP contribution is -2.45. The quantitative estimate of drug-likeness (QED) is 0.272. The number of rotatable bonds is 7. The molecule has 0 amide bonds. The average Bonchev–Trinajstić information content (AvgIpc) is 3.27. The van der Waals surface area contributed by atoms with E-state index in [4.69, 9.17) is 32.2 Å². The number of piperidine rings is 1. The van der Waals surface area contributed by atoms with Crippen LogP contribution in [0.3, 0.4) is 0 Å². The van der Waals surface area contributed by atoms with E-state index < -0.39 is 15.7 Å². The van der Waals surface area contributed by atoms with Crippen molar-refractivity contribution in [1.29, 1.82) is 0 Å². The molecule has 9 nitrogen and oxygen atoms in total. The maximum atomic E-state index is 12.5.